The third kappa shape index (κ3) is 0.852. The Labute approximate surface area is 63.6 Å². The molecule has 56 valence electrons. The van der Waals surface area contributed by atoms with E-state index in [0.29, 0.717) is 0 Å². The zero-order chi connectivity index (χ0) is 7.84. The van der Waals surface area contributed by atoms with Gasteiger partial charge in [-0.05, 0) is 11.6 Å². The summed E-state index contributed by atoms with van der Waals surface area (Å²) in [5.41, 5.74) is 1.71. The van der Waals surface area contributed by atoms with Crippen LogP contribution in [0, 0.1) is 0 Å². The molecule has 0 saturated carbocycles. The highest BCUT2D eigenvalue weighted by atomic mass is 16.3. The standard InChI is InChI=1S/C8H7NO2/c10-7-3-5-1-2-9-6(5)4-8(7)11/h2-4,10-11H,1H2. The lowest BCUT2D eigenvalue weighted by Gasteiger charge is -2.00. The van der Waals surface area contributed by atoms with Crippen LogP contribution in [-0.2, 0) is 6.42 Å². The average Bonchev–Trinajstić information content (AvgIpc) is 2.36. The van der Waals surface area contributed by atoms with Crippen molar-refractivity contribution in [2.75, 3.05) is 0 Å². The minimum atomic E-state index is -0.109. The van der Waals surface area contributed by atoms with Gasteiger partial charge in [0.15, 0.2) is 11.5 Å². The average molecular weight is 149 g/mol. The van der Waals surface area contributed by atoms with E-state index >= 15 is 0 Å². The van der Waals surface area contributed by atoms with Gasteiger partial charge in [0, 0.05) is 18.7 Å². The summed E-state index contributed by atoms with van der Waals surface area (Å²) < 4.78 is 0. The summed E-state index contributed by atoms with van der Waals surface area (Å²) in [6, 6.07) is 3.01. The van der Waals surface area contributed by atoms with Gasteiger partial charge in [-0.15, -0.1) is 0 Å². The molecule has 0 amide bonds. The van der Waals surface area contributed by atoms with Crippen molar-refractivity contribution in [3.8, 4) is 11.5 Å². The molecule has 1 heterocycles. The van der Waals surface area contributed by atoms with Gasteiger partial charge in [0.25, 0.3) is 0 Å². The van der Waals surface area contributed by atoms with Crippen LogP contribution in [0.1, 0.15) is 5.56 Å². The van der Waals surface area contributed by atoms with Crippen LogP contribution < -0.4 is 0 Å². The molecule has 0 spiro atoms. The van der Waals surface area contributed by atoms with Crippen LogP contribution in [0.2, 0.25) is 0 Å². The Hall–Kier alpha value is -1.51. The first-order chi connectivity index (χ1) is 5.27. The van der Waals surface area contributed by atoms with E-state index in [1.165, 1.54) is 12.1 Å². The number of hydrogen-bond donors (Lipinski definition) is 2. The Bertz CT molecular complexity index is 331. The zero-order valence-corrected chi connectivity index (χ0v) is 5.78. The van der Waals surface area contributed by atoms with E-state index in [1.807, 2.05) is 0 Å². The Morgan fingerprint density at radius 2 is 1.91 bits per heavy atom. The van der Waals surface area contributed by atoms with Crippen LogP contribution in [0.3, 0.4) is 0 Å². The van der Waals surface area contributed by atoms with Gasteiger partial charge >= 0.3 is 0 Å². The van der Waals surface area contributed by atoms with Crippen molar-refractivity contribution in [3.05, 3.63) is 17.7 Å². The Morgan fingerprint density at radius 1 is 1.18 bits per heavy atom. The van der Waals surface area contributed by atoms with Gasteiger partial charge in [0.1, 0.15) is 0 Å². The third-order valence-electron chi connectivity index (χ3n) is 1.72. The minimum absolute atomic E-state index is 0.0748. The molecule has 0 radical (unpaired) electrons. The molecule has 1 aliphatic rings. The van der Waals surface area contributed by atoms with Crippen molar-refractivity contribution in [2.45, 2.75) is 6.42 Å². The van der Waals surface area contributed by atoms with E-state index < -0.39 is 0 Å². The van der Waals surface area contributed by atoms with Gasteiger partial charge in [-0.2, -0.15) is 0 Å². The monoisotopic (exact) mass is 149 g/mol. The van der Waals surface area contributed by atoms with E-state index in [1.54, 1.807) is 6.21 Å². The number of nitrogens with zero attached hydrogens (tertiary/aromatic N) is 1. The highest BCUT2D eigenvalue weighted by molar-refractivity contribution is 5.77. The molecule has 1 aromatic carbocycles. The maximum absolute atomic E-state index is 9.08. The molecule has 11 heavy (non-hydrogen) atoms. The summed E-state index contributed by atoms with van der Waals surface area (Å²) in [6.45, 7) is 0. The minimum Gasteiger partial charge on any atom is -0.504 e. The van der Waals surface area contributed by atoms with Crippen LogP contribution >= 0.6 is 0 Å². The first-order valence-corrected chi connectivity index (χ1v) is 3.35. The number of aliphatic imine (C=N–C) groups is 1. The topological polar surface area (TPSA) is 52.8 Å². The first kappa shape index (κ1) is 6.22. The highest BCUT2D eigenvalue weighted by Crippen LogP contribution is 2.34. The van der Waals surface area contributed by atoms with Crippen molar-refractivity contribution in [2.24, 2.45) is 4.99 Å². The largest absolute Gasteiger partial charge is 0.504 e. The maximum Gasteiger partial charge on any atom is 0.159 e. The first-order valence-electron chi connectivity index (χ1n) is 3.35. The van der Waals surface area contributed by atoms with Gasteiger partial charge in [0.2, 0.25) is 0 Å². The quantitative estimate of drug-likeness (QED) is 0.547. The molecule has 0 bridgehead atoms. The molecule has 3 nitrogen and oxygen atoms in total. The van der Waals surface area contributed by atoms with Crippen LogP contribution in [0.4, 0.5) is 5.69 Å². The summed E-state index contributed by atoms with van der Waals surface area (Å²) >= 11 is 0. The van der Waals surface area contributed by atoms with E-state index in [9.17, 15) is 0 Å². The van der Waals surface area contributed by atoms with Gasteiger partial charge in [0.05, 0.1) is 5.69 Å². The normalized spacial score (nSPS) is 13.5. The lowest BCUT2D eigenvalue weighted by molar-refractivity contribution is 0.403. The molecule has 1 aromatic rings. The molecule has 3 heteroatoms. The van der Waals surface area contributed by atoms with Crippen molar-refractivity contribution < 1.29 is 10.2 Å². The lowest BCUT2D eigenvalue weighted by Crippen LogP contribution is -1.78. The second-order valence-corrected chi connectivity index (χ2v) is 2.49. The molecular weight excluding hydrogens is 142 g/mol. The Morgan fingerprint density at radius 3 is 2.73 bits per heavy atom. The van der Waals surface area contributed by atoms with Crippen molar-refractivity contribution in [1.29, 1.82) is 0 Å². The molecule has 2 N–H and O–H groups in total. The van der Waals surface area contributed by atoms with Crippen molar-refractivity contribution >= 4 is 11.9 Å². The number of phenols is 2. The summed E-state index contributed by atoms with van der Waals surface area (Å²) in [6.07, 6.45) is 2.49. The van der Waals surface area contributed by atoms with Crippen molar-refractivity contribution in [3.63, 3.8) is 0 Å². The fourth-order valence-corrected chi connectivity index (χ4v) is 1.14. The van der Waals surface area contributed by atoms with Gasteiger partial charge in [-0.25, -0.2) is 0 Å². The SMILES string of the molecule is Oc1cc2c(cc1O)N=CC2. The predicted molar refractivity (Wildman–Crippen MR) is 41.6 cm³/mol. The molecule has 0 fully saturated rings. The fourth-order valence-electron chi connectivity index (χ4n) is 1.14. The fraction of sp³-hybridized carbons (Fsp3) is 0.125. The molecule has 0 aromatic heterocycles. The molecule has 0 atom stereocenters. The number of aromatic hydroxyl groups is 2. The number of fused-ring (bicyclic) bond motifs is 1. The number of phenolic OH excluding ortho intramolecular Hbond substituents is 2. The summed E-state index contributed by atoms with van der Waals surface area (Å²) in [7, 11) is 0. The van der Waals surface area contributed by atoms with Gasteiger partial charge in [-0.3, -0.25) is 4.99 Å². The molecule has 0 saturated heterocycles. The maximum atomic E-state index is 9.08. The number of rotatable bonds is 0. The Kier molecular flexibility index (Phi) is 1.12. The van der Waals surface area contributed by atoms with E-state index in [0.717, 1.165) is 17.7 Å². The summed E-state index contributed by atoms with van der Waals surface area (Å²) in [5, 5.41) is 18.1. The summed E-state index contributed by atoms with van der Waals surface area (Å²) in [5.74, 6) is -0.183. The van der Waals surface area contributed by atoms with Crippen molar-refractivity contribution in [1.82, 2.24) is 0 Å². The smallest absolute Gasteiger partial charge is 0.159 e. The van der Waals surface area contributed by atoms with Gasteiger partial charge < -0.3 is 10.2 Å². The van der Waals surface area contributed by atoms with E-state index in [4.69, 9.17) is 10.2 Å². The number of hydrogen-bond acceptors (Lipinski definition) is 3. The van der Waals surface area contributed by atoms with E-state index in [2.05, 4.69) is 4.99 Å². The molecular formula is C8H7NO2. The number of benzene rings is 1. The van der Waals surface area contributed by atoms with Crippen LogP contribution in [0.25, 0.3) is 0 Å². The second kappa shape index (κ2) is 1.99. The predicted octanol–water partition coefficient (Wildman–Crippen LogP) is 1.36. The molecule has 2 rings (SSSR count). The van der Waals surface area contributed by atoms with Crippen LogP contribution in [0.15, 0.2) is 17.1 Å². The van der Waals surface area contributed by atoms with E-state index in [-0.39, 0.29) is 11.5 Å². The zero-order valence-electron chi connectivity index (χ0n) is 5.78. The summed E-state index contributed by atoms with van der Waals surface area (Å²) in [4.78, 5) is 4.01. The van der Waals surface area contributed by atoms with Crippen LogP contribution in [-0.4, -0.2) is 16.4 Å². The molecule has 0 unspecified atom stereocenters. The third-order valence-corrected chi connectivity index (χ3v) is 1.72. The molecule has 0 aliphatic carbocycles. The second-order valence-electron chi connectivity index (χ2n) is 2.49. The van der Waals surface area contributed by atoms with Crippen LogP contribution in [0.5, 0.6) is 11.5 Å². The lowest BCUT2D eigenvalue weighted by atomic mass is 10.1. The Balaban J connectivity index is 2.63. The molecule has 1 aliphatic heterocycles. The highest BCUT2D eigenvalue weighted by Gasteiger charge is 2.09. The van der Waals surface area contributed by atoms with Gasteiger partial charge in [-0.1, -0.05) is 0 Å².